The Bertz CT molecular complexity index is 884. The summed E-state index contributed by atoms with van der Waals surface area (Å²) in [7, 11) is 0. The highest BCUT2D eigenvalue weighted by Crippen LogP contribution is 2.25. The topological polar surface area (TPSA) is 83.1 Å². The summed E-state index contributed by atoms with van der Waals surface area (Å²) in [6.45, 7) is 4.77. The van der Waals surface area contributed by atoms with Gasteiger partial charge in [0.05, 0.1) is 10.6 Å². The number of halogens is 1. The summed E-state index contributed by atoms with van der Waals surface area (Å²) in [6.07, 6.45) is 6.48. The number of nitrogens with zero attached hydrogens (tertiary/aromatic N) is 1. The molecule has 6 nitrogen and oxygen atoms in total. The van der Waals surface area contributed by atoms with Crippen LogP contribution in [0.5, 0.6) is 0 Å². The highest BCUT2D eigenvalue weighted by atomic mass is 32.1. The molecule has 168 valence electrons. The van der Waals surface area contributed by atoms with E-state index in [2.05, 4.69) is 20.9 Å². The molecule has 0 aliphatic heterocycles. The predicted molar refractivity (Wildman–Crippen MR) is 122 cm³/mol. The molecule has 0 radical (unpaired) electrons. The quantitative estimate of drug-likeness (QED) is 0.385. The minimum atomic E-state index is -0.288. The number of urea groups is 1. The Balaban J connectivity index is 1.41. The number of carbonyl (C=O) groups is 2. The Morgan fingerprint density at radius 2 is 1.94 bits per heavy atom. The molecule has 3 N–H and O–H groups in total. The number of Topliss-reactive ketones (excluding diaryl/α,β-unsaturated/α-hetero) is 1. The van der Waals surface area contributed by atoms with Gasteiger partial charge >= 0.3 is 6.03 Å². The summed E-state index contributed by atoms with van der Waals surface area (Å²) in [6, 6.07) is 6.78. The van der Waals surface area contributed by atoms with E-state index in [1.54, 1.807) is 6.92 Å². The van der Waals surface area contributed by atoms with E-state index in [0.29, 0.717) is 34.2 Å². The molecule has 1 aromatic carbocycles. The summed E-state index contributed by atoms with van der Waals surface area (Å²) >= 11 is 1.20. The smallest absolute Gasteiger partial charge is 0.321 e. The molecule has 1 fully saturated rings. The molecule has 0 spiro atoms. The van der Waals surface area contributed by atoms with Crippen LogP contribution in [0.25, 0.3) is 0 Å². The molecular formula is C23H31FN4O2S. The highest BCUT2D eigenvalue weighted by molar-refractivity contribution is 7.17. The molecule has 1 saturated carbocycles. The van der Waals surface area contributed by atoms with Gasteiger partial charge in [-0.2, -0.15) is 0 Å². The number of benzene rings is 1. The van der Waals surface area contributed by atoms with E-state index >= 15 is 0 Å². The van der Waals surface area contributed by atoms with Crippen LogP contribution in [0.15, 0.2) is 24.3 Å². The van der Waals surface area contributed by atoms with E-state index in [0.717, 1.165) is 37.8 Å². The normalized spacial score (nSPS) is 18.5. The van der Waals surface area contributed by atoms with E-state index in [-0.39, 0.29) is 17.6 Å². The largest absolute Gasteiger partial charge is 0.337 e. The second kappa shape index (κ2) is 11.3. The number of hydrogen-bond acceptors (Lipinski definition) is 5. The second-order valence-electron chi connectivity index (χ2n) is 8.16. The number of hydrogen-bond donors (Lipinski definition) is 3. The van der Waals surface area contributed by atoms with E-state index in [1.165, 1.54) is 43.2 Å². The van der Waals surface area contributed by atoms with Gasteiger partial charge in [0.25, 0.3) is 0 Å². The van der Waals surface area contributed by atoms with Gasteiger partial charge in [-0.3, -0.25) is 10.1 Å². The molecule has 0 unspecified atom stereocenters. The van der Waals surface area contributed by atoms with E-state index < -0.39 is 0 Å². The van der Waals surface area contributed by atoms with Gasteiger partial charge in [-0.15, -0.1) is 0 Å². The van der Waals surface area contributed by atoms with Gasteiger partial charge in [0.2, 0.25) is 0 Å². The van der Waals surface area contributed by atoms with Crippen LogP contribution in [-0.2, 0) is 6.42 Å². The third kappa shape index (κ3) is 7.11. The Labute approximate surface area is 187 Å². The lowest BCUT2D eigenvalue weighted by atomic mass is 9.84. The first-order valence-corrected chi connectivity index (χ1v) is 11.7. The van der Waals surface area contributed by atoms with Crippen LogP contribution in [-0.4, -0.2) is 35.9 Å². The number of ketones is 1. The fourth-order valence-corrected chi connectivity index (χ4v) is 4.95. The van der Waals surface area contributed by atoms with Crippen molar-refractivity contribution >= 4 is 28.3 Å². The molecule has 1 aliphatic rings. The van der Waals surface area contributed by atoms with Crippen molar-refractivity contribution in [3.8, 4) is 0 Å². The number of nitrogens with one attached hydrogen (secondary N) is 3. The average Bonchev–Trinajstić information content (AvgIpc) is 3.12. The zero-order chi connectivity index (χ0) is 22.2. The van der Waals surface area contributed by atoms with Crippen LogP contribution < -0.4 is 16.0 Å². The summed E-state index contributed by atoms with van der Waals surface area (Å²) < 4.78 is 13.0. The SMILES string of the molecule is CC(=O)c1sc(NC(=O)NC[C@@H]2CCCC[C@H]2NCCCc2ccc(F)cc2)nc1C. The average molecular weight is 447 g/mol. The Kier molecular flexibility index (Phi) is 8.54. The summed E-state index contributed by atoms with van der Waals surface area (Å²) in [5, 5.41) is 9.81. The first-order chi connectivity index (χ1) is 14.9. The fourth-order valence-electron chi connectivity index (χ4n) is 4.09. The molecule has 3 rings (SSSR count). The summed E-state index contributed by atoms with van der Waals surface area (Å²) in [4.78, 5) is 28.7. The minimum Gasteiger partial charge on any atom is -0.337 e. The second-order valence-corrected chi connectivity index (χ2v) is 9.16. The number of thiazole rings is 1. The first kappa shape index (κ1) is 23.3. The third-order valence-electron chi connectivity index (χ3n) is 5.73. The predicted octanol–water partition coefficient (Wildman–Crippen LogP) is 4.70. The van der Waals surface area contributed by atoms with Gasteiger partial charge in [0, 0.05) is 19.5 Å². The highest BCUT2D eigenvalue weighted by Gasteiger charge is 2.25. The Morgan fingerprint density at radius 1 is 1.19 bits per heavy atom. The maximum Gasteiger partial charge on any atom is 0.321 e. The van der Waals surface area contributed by atoms with Crippen LogP contribution in [0.3, 0.4) is 0 Å². The third-order valence-corrected chi connectivity index (χ3v) is 6.91. The van der Waals surface area contributed by atoms with E-state index in [9.17, 15) is 14.0 Å². The van der Waals surface area contributed by atoms with Crippen LogP contribution in [0.4, 0.5) is 14.3 Å². The van der Waals surface area contributed by atoms with Crippen molar-refractivity contribution in [1.29, 1.82) is 0 Å². The van der Waals surface area contributed by atoms with Gasteiger partial charge in [0.1, 0.15) is 5.82 Å². The molecular weight excluding hydrogens is 415 g/mol. The number of aromatic nitrogens is 1. The molecule has 1 aliphatic carbocycles. The summed E-state index contributed by atoms with van der Waals surface area (Å²) in [5.41, 5.74) is 1.79. The van der Waals surface area contributed by atoms with Crippen LogP contribution >= 0.6 is 11.3 Å². The standard InChI is InChI=1S/C23H31FN4O2S/c1-15-21(16(2)29)31-23(27-15)28-22(30)26-14-18-7-3-4-8-20(18)25-13-5-6-17-9-11-19(24)12-10-17/h9-12,18,20,25H,3-8,13-14H2,1-2H3,(H2,26,27,28,30)/t18-,20+/m0/s1. The maximum atomic E-state index is 13.0. The molecule has 0 saturated heterocycles. The van der Waals surface area contributed by atoms with Crippen LogP contribution in [0, 0.1) is 18.7 Å². The van der Waals surface area contributed by atoms with E-state index in [4.69, 9.17) is 0 Å². The van der Waals surface area contributed by atoms with Crippen molar-refractivity contribution in [3.05, 3.63) is 46.2 Å². The molecule has 8 heteroatoms. The van der Waals surface area contributed by atoms with Crippen molar-refractivity contribution in [2.24, 2.45) is 5.92 Å². The number of amides is 2. The van der Waals surface area contributed by atoms with Gasteiger partial charge < -0.3 is 10.6 Å². The molecule has 31 heavy (non-hydrogen) atoms. The molecule has 0 bridgehead atoms. The minimum absolute atomic E-state index is 0.0426. The van der Waals surface area contributed by atoms with Crippen molar-refractivity contribution in [2.75, 3.05) is 18.4 Å². The van der Waals surface area contributed by atoms with Crippen molar-refractivity contribution in [1.82, 2.24) is 15.6 Å². The van der Waals surface area contributed by atoms with E-state index in [1.807, 2.05) is 12.1 Å². The van der Waals surface area contributed by atoms with Gasteiger partial charge in [-0.05, 0) is 62.8 Å². The molecule has 1 aromatic heterocycles. The van der Waals surface area contributed by atoms with Gasteiger partial charge in [0.15, 0.2) is 10.9 Å². The molecule has 2 aromatic rings. The molecule has 2 amide bonds. The lowest BCUT2D eigenvalue weighted by molar-refractivity contribution is 0.102. The number of carbonyl (C=O) groups excluding carboxylic acids is 2. The van der Waals surface area contributed by atoms with Crippen molar-refractivity contribution < 1.29 is 14.0 Å². The lowest BCUT2D eigenvalue weighted by Gasteiger charge is -2.32. The summed E-state index contributed by atoms with van der Waals surface area (Å²) in [5.74, 6) is 0.142. The van der Waals surface area contributed by atoms with Crippen molar-refractivity contribution in [3.63, 3.8) is 0 Å². The Hall–Kier alpha value is -2.32. The Morgan fingerprint density at radius 3 is 2.65 bits per heavy atom. The molecule has 1 heterocycles. The maximum absolute atomic E-state index is 13.0. The number of rotatable bonds is 9. The lowest BCUT2D eigenvalue weighted by Crippen LogP contribution is -2.45. The number of anilines is 1. The van der Waals surface area contributed by atoms with Crippen LogP contribution in [0.2, 0.25) is 0 Å². The number of aryl methyl sites for hydroxylation is 2. The zero-order valence-electron chi connectivity index (χ0n) is 18.2. The molecule has 2 atom stereocenters. The first-order valence-electron chi connectivity index (χ1n) is 10.9. The van der Waals surface area contributed by atoms with Gasteiger partial charge in [-0.1, -0.05) is 36.3 Å². The monoisotopic (exact) mass is 446 g/mol. The van der Waals surface area contributed by atoms with Gasteiger partial charge in [-0.25, -0.2) is 14.2 Å². The van der Waals surface area contributed by atoms with Crippen LogP contribution in [0.1, 0.15) is 60.0 Å². The fraction of sp³-hybridized carbons (Fsp3) is 0.522. The zero-order valence-corrected chi connectivity index (χ0v) is 19.0. The van der Waals surface area contributed by atoms with Crippen molar-refractivity contribution in [2.45, 2.75) is 58.4 Å².